The van der Waals surface area contributed by atoms with Gasteiger partial charge in [0.2, 0.25) is 0 Å². The van der Waals surface area contributed by atoms with Crippen molar-refractivity contribution in [1.82, 2.24) is 5.09 Å². The summed E-state index contributed by atoms with van der Waals surface area (Å²) in [5.41, 5.74) is -6.35. The number of nitrogens with one attached hydrogen (secondary N) is 1. The van der Waals surface area contributed by atoms with Crippen molar-refractivity contribution < 1.29 is 69.8 Å². The van der Waals surface area contributed by atoms with Gasteiger partial charge in [0, 0.05) is 25.7 Å². The van der Waals surface area contributed by atoms with E-state index in [2.05, 4.69) is 5.09 Å². The van der Waals surface area contributed by atoms with Gasteiger partial charge >= 0.3 is 41.8 Å². The molecule has 16 heteroatoms. The molecule has 6 rings (SSSR count). The summed E-state index contributed by atoms with van der Waals surface area (Å²) >= 11 is 0. The van der Waals surface area contributed by atoms with E-state index in [9.17, 15) is 52.7 Å². The summed E-state index contributed by atoms with van der Waals surface area (Å²) in [6.07, 6.45) is -6.21. The first-order chi connectivity index (χ1) is 25.7. The van der Waals surface area contributed by atoms with Crippen LogP contribution in [0, 0.1) is 62.9 Å². The zero-order valence-corrected chi connectivity index (χ0v) is 31.6. The summed E-state index contributed by atoms with van der Waals surface area (Å²) < 4.78 is 167. The van der Waals surface area contributed by atoms with E-state index in [1.54, 1.807) is 31.4 Å². The maximum absolute atomic E-state index is 13.9. The molecule has 2 saturated carbocycles. The molecule has 2 aliphatic carbocycles. The first-order valence-corrected chi connectivity index (χ1v) is 18.9. The SMILES string of the molecule is C[C@H](NP(c1cc(C(F)(F)F)cc(C(F)(F)F)c1)c1cc(C(F)(F)F)cc(C(F)(F)F)c1)[C]1[CH][CH][CH][C]1P(c1ccccc1)c1ccccc1.[CH]1[CH][CH][CH][CH]1.[Fe+2]. The molecule has 2 fully saturated rings. The van der Waals surface area contributed by atoms with Crippen molar-refractivity contribution in [3.8, 4) is 0 Å². The average molecular weight is 869 g/mol. The Hall–Kier alpha value is -2.62. The summed E-state index contributed by atoms with van der Waals surface area (Å²) in [5.74, 6) is 0.502. The second-order valence-electron chi connectivity index (χ2n) is 12.0. The van der Waals surface area contributed by atoms with Gasteiger partial charge in [0.1, 0.15) is 0 Å². The molecule has 1 atom stereocenters. The van der Waals surface area contributed by atoms with Crippen LogP contribution < -0.4 is 26.3 Å². The molecule has 0 aromatic heterocycles. The van der Waals surface area contributed by atoms with Gasteiger partial charge in [0.15, 0.2) is 0 Å². The number of hydrogen-bond acceptors (Lipinski definition) is 1. The second kappa shape index (κ2) is 19.0. The molecule has 0 spiro atoms. The summed E-state index contributed by atoms with van der Waals surface area (Å²) in [7, 11) is -4.24. The molecule has 0 saturated heterocycles. The molecular weight excluding hydrogens is 840 g/mol. The molecule has 0 heterocycles. The standard InChI is InChI=1S/C35H24F12NP2.C5H5.Fe/c1-21(30-13-8-14-31(30)49(26-9-4-2-5-10-26)27-11-6-3-7-12-27)48-50(28-17-22(32(36,37)38)15-23(18-28)33(39,40)41)29-19-24(34(42,43)44)16-25(20-29)35(45,46)47;1-2-4-5-3-1;/h2-21,48H,1H3;1-5H;/q;;+2/t21-;;/m0../s1. The Bertz CT molecular complexity index is 1660. The fourth-order valence-electron chi connectivity index (χ4n) is 5.59. The van der Waals surface area contributed by atoms with Gasteiger partial charge in [-0.25, -0.2) is 0 Å². The van der Waals surface area contributed by atoms with Crippen LogP contribution in [0.25, 0.3) is 0 Å². The predicted molar refractivity (Wildman–Crippen MR) is 192 cm³/mol. The smallest absolute Gasteiger partial charge is 0.285 e. The van der Waals surface area contributed by atoms with E-state index in [0.29, 0.717) is 35.8 Å². The second-order valence-corrected chi connectivity index (χ2v) is 16.2. The van der Waals surface area contributed by atoms with Crippen molar-refractivity contribution in [1.29, 1.82) is 0 Å². The van der Waals surface area contributed by atoms with E-state index in [4.69, 9.17) is 0 Å². The van der Waals surface area contributed by atoms with Gasteiger partial charge in [0.25, 0.3) is 0 Å². The predicted octanol–water partition coefficient (Wildman–Crippen LogP) is 11.0. The van der Waals surface area contributed by atoms with Crippen molar-refractivity contribution in [2.45, 2.75) is 37.7 Å². The molecule has 0 aliphatic heterocycles. The molecule has 10 radical (unpaired) electrons. The van der Waals surface area contributed by atoms with Crippen LogP contribution >= 0.6 is 16.0 Å². The van der Waals surface area contributed by atoms with Crippen molar-refractivity contribution in [2.24, 2.45) is 0 Å². The number of halogens is 12. The van der Waals surface area contributed by atoms with E-state index in [-0.39, 0.29) is 29.2 Å². The van der Waals surface area contributed by atoms with Gasteiger partial charge in [-0.05, 0) is 124 Å². The van der Waals surface area contributed by atoms with Crippen LogP contribution in [-0.2, 0) is 41.8 Å². The van der Waals surface area contributed by atoms with Gasteiger partial charge in [-0.15, -0.1) is 0 Å². The van der Waals surface area contributed by atoms with Crippen molar-refractivity contribution >= 4 is 37.2 Å². The maximum Gasteiger partial charge on any atom is 2.00 e. The maximum atomic E-state index is 13.9. The quantitative estimate of drug-likeness (QED) is 0.106. The molecule has 4 aromatic carbocycles. The van der Waals surface area contributed by atoms with Crippen LogP contribution in [0.4, 0.5) is 52.7 Å². The summed E-state index contributed by atoms with van der Waals surface area (Å²) in [4.78, 5) is 0. The van der Waals surface area contributed by atoms with Gasteiger partial charge in [-0.2, -0.15) is 52.7 Å². The van der Waals surface area contributed by atoms with Crippen molar-refractivity contribution in [3.63, 3.8) is 0 Å². The molecule has 4 aromatic rings. The fraction of sp³-hybridized carbons (Fsp3) is 0.150. The Morgan fingerprint density at radius 1 is 0.446 bits per heavy atom. The van der Waals surface area contributed by atoms with E-state index in [1.165, 1.54) is 6.92 Å². The fourth-order valence-corrected chi connectivity index (χ4v) is 10.3. The van der Waals surface area contributed by atoms with Crippen LogP contribution in [0.15, 0.2) is 97.1 Å². The Balaban J connectivity index is 0.00000107. The summed E-state index contributed by atoms with van der Waals surface area (Å²) in [6, 6.07) is 18.4. The van der Waals surface area contributed by atoms with E-state index >= 15 is 0 Å². The number of benzene rings is 4. The minimum absolute atomic E-state index is 0. The normalized spacial score (nSPS) is 16.5. The summed E-state index contributed by atoms with van der Waals surface area (Å²) in [6.45, 7) is 1.49. The first-order valence-electron chi connectivity index (χ1n) is 16.2. The Labute approximate surface area is 331 Å². The third-order valence-electron chi connectivity index (χ3n) is 8.10. The van der Waals surface area contributed by atoms with Crippen LogP contribution in [0.5, 0.6) is 0 Å². The number of rotatable bonds is 8. The molecule has 1 nitrogen and oxygen atoms in total. The van der Waals surface area contributed by atoms with E-state index < -0.39 is 79.6 Å². The van der Waals surface area contributed by atoms with Gasteiger partial charge in [-0.3, -0.25) is 5.09 Å². The monoisotopic (exact) mass is 869 g/mol. The Morgan fingerprint density at radius 3 is 1.11 bits per heavy atom. The van der Waals surface area contributed by atoms with Gasteiger partial charge < -0.3 is 0 Å². The minimum atomic E-state index is -5.33. The Morgan fingerprint density at radius 2 is 0.786 bits per heavy atom. The van der Waals surface area contributed by atoms with Crippen LogP contribution in [-0.4, -0.2) is 6.04 Å². The number of alkyl halides is 12. The van der Waals surface area contributed by atoms with Gasteiger partial charge in [0.05, 0.1) is 22.3 Å². The molecular formula is C40H29F12FeNP2+2. The van der Waals surface area contributed by atoms with Crippen LogP contribution in [0.1, 0.15) is 29.2 Å². The van der Waals surface area contributed by atoms with E-state index in [1.807, 2.05) is 80.6 Å². The molecule has 2 aliphatic rings. The van der Waals surface area contributed by atoms with Gasteiger partial charge in [-0.1, -0.05) is 60.7 Å². The zero-order chi connectivity index (χ0) is 40.2. The third kappa shape index (κ3) is 12.0. The number of hydrogen-bond donors (Lipinski definition) is 1. The van der Waals surface area contributed by atoms with Crippen molar-refractivity contribution in [3.05, 3.63) is 182 Å². The Kier molecular flexibility index (Phi) is 15.6. The third-order valence-corrected chi connectivity index (χ3v) is 12.8. The van der Waals surface area contributed by atoms with E-state index in [0.717, 1.165) is 10.6 Å². The largest absolute Gasteiger partial charge is 2.00 e. The zero-order valence-electron chi connectivity index (χ0n) is 28.7. The summed E-state index contributed by atoms with van der Waals surface area (Å²) in [5, 5.41) is 3.09. The van der Waals surface area contributed by atoms with Crippen LogP contribution in [0.2, 0.25) is 0 Å². The molecule has 0 unspecified atom stereocenters. The van der Waals surface area contributed by atoms with Crippen LogP contribution in [0.3, 0.4) is 0 Å². The molecule has 0 bridgehead atoms. The molecule has 1 N–H and O–H groups in total. The van der Waals surface area contributed by atoms with Crippen molar-refractivity contribution in [2.75, 3.05) is 0 Å². The average Bonchev–Trinajstić information content (AvgIpc) is 3.87. The topological polar surface area (TPSA) is 12.0 Å². The minimum Gasteiger partial charge on any atom is -0.285 e. The first kappa shape index (κ1) is 46.1. The molecule has 294 valence electrons. The molecule has 56 heavy (non-hydrogen) atoms. The molecule has 0 amide bonds.